The zero-order chi connectivity index (χ0) is 8.10. The smallest absolute Gasteiger partial charge is 0.0578 e. The summed E-state index contributed by atoms with van der Waals surface area (Å²) in [6.45, 7) is 4.43. The van der Waals surface area contributed by atoms with Crippen LogP contribution >= 0.6 is 0 Å². The van der Waals surface area contributed by atoms with Crippen LogP contribution in [0.15, 0.2) is 0 Å². The fourth-order valence-electron chi connectivity index (χ4n) is 1.74. The number of rotatable bonds is 3. The molecule has 0 bridgehead atoms. The molecule has 66 valence electrons. The highest BCUT2D eigenvalue weighted by Crippen LogP contribution is 2.21. The van der Waals surface area contributed by atoms with Crippen LogP contribution in [0.4, 0.5) is 0 Å². The Bertz CT molecular complexity index is 101. The summed E-state index contributed by atoms with van der Waals surface area (Å²) in [7, 11) is 0. The first-order chi connectivity index (χ1) is 5.33. The Kier molecular flexibility index (Phi) is 3.92. The van der Waals surface area contributed by atoms with Gasteiger partial charge in [-0.15, -0.1) is 0 Å². The van der Waals surface area contributed by atoms with Gasteiger partial charge in [-0.3, -0.25) is 0 Å². The number of hydrogen-bond donors (Lipinski definition) is 0. The monoisotopic (exact) mass is 156 g/mol. The van der Waals surface area contributed by atoms with E-state index >= 15 is 0 Å². The van der Waals surface area contributed by atoms with Crippen LogP contribution in [0.1, 0.15) is 52.4 Å². The highest BCUT2D eigenvalue weighted by atomic mass is 16.5. The van der Waals surface area contributed by atoms with E-state index in [2.05, 4.69) is 13.8 Å². The van der Waals surface area contributed by atoms with Crippen LogP contribution in [-0.2, 0) is 4.74 Å². The van der Waals surface area contributed by atoms with Crippen molar-refractivity contribution in [3.8, 4) is 0 Å². The van der Waals surface area contributed by atoms with Gasteiger partial charge in [0.05, 0.1) is 12.2 Å². The third-order valence-corrected chi connectivity index (χ3v) is 2.44. The molecular formula is C10H20O. The fourth-order valence-corrected chi connectivity index (χ4v) is 1.74. The van der Waals surface area contributed by atoms with E-state index < -0.39 is 0 Å². The summed E-state index contributed by atoms with van der Waals surface area (Å²) in [5.41, 5.74) is 0. The van der Waals surface area contributed by atoms with Gasteiger partial charge in [0.2, 0.25) is 0 Å². The molecule has 1 heteroatoms. The lowest BCUT2D eigenvalue weighted by Gasteiger charge is -2.27. The van der Waals surface area contributed by atoms with Gasteiger partial charge in [-0.25, -0.2) is 0 Å². The summed E-state index contributed by atoms with van der Waals surface area (Å²) in [5, 5.41) is 0. The zero-order valence-corrected chi connectivity index (χ0v) is 7.81. The van der Waals surface area contributed by atoms with Crippen LogP contribution in [0, 0.1) is 0 Å². The molecule has 0 N–H and O–H groups in total. The van der Waals surface area contributed by atoms with Crippen molar-refractivity contribution in [3.63, 3.8) is 0 Å². The molecule has 0 radical (unpaired) electrons. The second-order valence-electron chi connectivity index (χ2n) is 3.64. The number of hydrogen-bond acceptors (Lipinski definition) is 1. The topological polar surface area (TPSA) is 9.23 Å². The molecule has 0 aromatic carbocycles. The first-order valence-corrected chi connectivity index (χ1v) is 4.98. The largest absolute Gasteiger partial charge is 0.375 e. The van der Waals surface area contributed by atoms with Crippen molar-refractivity contribution in [3.05, 3.63) is 0 Å². The first kappa shape index (κ1) is 9.05. The maximum absolute atomic E-state index is 5.79. The van der Waals surface area contributed by atoms with Gasteiger partial charge >= 0.3 is 0 Å². The predicted molar refractivity (Wildman–Crippen MR) is 47.7 cm³/mol. The van der Waals surface area contributed by atoms with E-state index in [1.54, 1.807) is 0 Å². The molecule has 1 aliphatic rings. The van der Waals surface area contributed by atoms with Crippen molar-refractivity contribution in [1.82, 2.24) is 0 Å². The third kappa shape index (κ3) is 3.24. The highest BCUT2D eigenvalue weighted by Gasteiger charge is 2.17. The minimum absolute atomic E-state index is 0.519. The summed E-state index contributed by atoms with van der Waals surface area (Å²) >= 11 is 0. The molecule has 0 amide bonds. The molecule has 11 heavy (non-hydrogen) atoms. The van der Waals surface area contributed by atoms with Gasteiger partial charge in [0.15, 0.2) is 0 Å². The van der Waals surface area contributed by atoms with E-state index in [-0.39, 0.29) is 0 Å². The molecule has 2 unspecified atom stereocenters. The first-order valence-electron chi connectivity index (χ1n) is 4.98. The zero-order valence-electron chi connectivity index (χ0n) is 7.81. The van der Waals surface area contributed by atoms with E-state index in [1.807, 2.05) is 0 Å². The highest BCUT2D eigenvalue weighted by molar-refractivity contribution is 4.67. The molecular weight excluding hydrogens is 136 g/mol. The van der Waals surface area contributed by atoms with Crippen molar-refractivity contribution in [2.45, 2.75) is 64.6 Å². The van der Waals surface area contributed by atoms with Gasteiger partial charge in [-0.1, -0.05) is 19.8 Å². The molecule has 1 rings (SSSR count). The molecule has 0 saturated carbocycles. The second kappa shape index (κ2) is 4.76. The van der Waals surface area contributed by atoms with Crippen molar-refractivity contribution in [1.29, 1.82) is 0 Å². The van der Waals surface area contributed by atoms with Crippen LogP contribution in [0.25, 0.3) is 0 Å². The minimum atomic E-state index is 0.519. The second-order valence-corrected chi connectivity index (χ2v) is 3.64. The summed E-state index contributed by atoms with van der Waals surface area (Å²) in [4.78, 5) is 0. The van der Waals surface area contributed by atoms with Gasteiger partial charge in [-0.05, 0) is 32.6 Å². The van der Waals surface area contributed by atoms with Gasteiger partial charge in [0.25, 0.3) is 0 Å². The lowest BCUT2D eigenvalue weighted by Crippen LogP contribution is -2.25. The van der Waals surface area contributed by atoms with Gasteiger partial charge in [-0.2, -0.15) is 0 Å². The summed E-state index contributed by atoms with van der Waals surface area (Å²) in [5.74, 6) is 0. The van der Waals surface area contributed by atoms with Crippen molar-refractivity contribution in [2.24, 2.45) is 0 Å². The van der Waals surface area contributed by atoms with Gasteiger partial charge in [0.1, 0.15) is 0 Å². The van der Waals surface area contributed by atoms with Crippen LogP contribution in [0.5, 0.6) is 0 Å². The standard InChI is InChI=1S/C10H20O/c1-3-4-7-10-8-5-6-9(2)11-10/h9-10H,3-8H2,1-2H3. The normalized spacial score (nSPS) is 32.2. The Morgan fingerprint density at radius 2 is 2.18 bits per heavy atom. The van der Waals surface area contributed by atoms with Gasteiger partial charge in [0, 0.05) is 0 Å². The van der Waals surface area contributed by atoms with E-state index in [4.69, 9.17) is 4.74 Å². The Morgan fingerprint density at radius 1 is 1.36 bits per heavy atom. The lowest BCUT2D eigenvalue weighted by molar-refractivity contribution is -0.0439. The molecule has 0 aromatic rings. The maximum Gasteiger partial charge on any atom is 0.0578 e. The molecule has 1 heterocycles. The summed E-state index contributed by atoms with van der Waals surface area (Å²) in [6.07, 6.45) is 8.94. The SMILES string of the molecule is CCCCC1CCCC(C)O1. The van der Waals surface area contributed by atoms with E-state index in [9.17, 15) is 0 Å². The van der Waals surface area contributed by atoms with Crippen LogP contribution in [-0.4, -0.2) is 12.2 Å². The molecule has 1 aliphatic heterocycles. The summed E-state index contributed by atoms with van der Waals surface area (Å²) < 4.78 is 5.79. The van der Waals surface area contributed by atoms with Crippen molar-refractivity contribution < 1.29 is 4.74 Å². The Morgan fingerprint density at radius 3 is 2.82 bits per heavy atom. The van der Waals surface area contributed by atoms with Crippen LogP contribution in [0.2, 0.25) is 0 Å². The maximum atomic E-state index is 5.79. The molecule has 2 atom stereocenters. The lowest BCUT2D eigenvalue weighted by atomic mass is 10.0. The number of unbranched alkanes of at least 4 members (excludes halogenated alkanes) is 1. The Balaban J connectivity index is 2.12. The van der Waals surface area contributed by atoms with E-state index in [0.717, 1.165) is 0 Å². The fraction of sp³-hybridized carbons (Fsp3) is 1.00. The Labute approximate surface area is 70.1 Å². The minimum Gasteiger partial charge on any atom is -0.375 e. The van der Waals surface area contributed by atoms with E-state index in [1.165, 1.54) is 38.5 Å². The summed E-state index contributed by atoms with van der Waals surface area (Å²) in [6, 6.07) is 0. The molecule has 1 nitrogen and oxygen atoms in total. The van der Waals surface area contributed by atoms with Gasteiger partial charge < -0.3 is 4.74 Å². The Hall–Kier alpha value is -0.0400. The molecule has 1 saturated heterocycles. The molecule has 0 spiro atoms. The predicted octanol–water partition coefficient (Wildman–Crippen LogP) is 3.13. The third-order valence-electron chi connectivity index (χ3n) is 2.44. The molecule has 1 fully saturated rings. The molecule has 0 aliphatic carbocycles. The quantitative estimate of drug-likeness (QED) is 0.610. The number of ether oxygens (including phenoxy) is 1. The average molecular weight is 156 g/mol. The van der Waals surface area contributed by atoms with Crippen LogP contribution < -0.4 is 0 Å². The average Bonchev–Trinajstić information content (AvgIpc) is 2.01. The van der Waals surface area contributed by atoms with Crippen molar-refractivity contribution >= 4 is 0 Å². The van der Waals surface area contributed by atoms with Crippen LogP contribution in [0.3, 0.4) is 0 Å². The van der Waals surface area contributed by atoms with Crippen molar-refractivity contribution in [2.75, 3.05) is 0 Å². The van der Waals surface area contributed by atoms with E-state index in [0.29, 0.717) is 12.2 Å². The molecule has 0 aromatic heterocycles.